The molecule has 0 spiro atoms. The van der Waals surface area contributed by atoms with Gasteiger partial charge < -0.3 is 10.1 Å². The first-order valence-electron chi connectivity index (χ1n) is 7.05. The molecule has 106 valence electrons. The summed E-state index contributed by atoms with van der Waals surface area (Å²) < 4.78 is 0. The molecule has 0 amide bonds. The number of phenolic OH excluding ortho intramolecular Hbond substituents is 1. The van der Waals surface area contributed by atoms with Crippen LogP contribution in [0.2, 0.25) is 0 Å². The number of hydrogen-bond donors (Lipinski definition) is 2. The fourth-order valence-corrected chi connectivity index (χ4v) is 2.74. The van der Waals surface area contributed by atoms with Crippen LogP contribution in [0, 0.1) is 6.92 Å². The summed E-state index contributed by atoms with van der Waals surface area (Å²) in [7, 11) is 0. The number of aromatic nitrogens is 1. The number of H-pyrrole nitrogens is 1. The van der Waals surface area contributed by atoms with Crippen LogP contribution >= 0.6 is 0 Å². The Morgan fingerprint density at radius 1 is 1.14 bits per heavy atom. The Labute approximate surface area is 122 Å². The summed E-state index contributed by atoms with van der Waals surface area (Å²) in [6, 6.07) is 13.2. The molecular weight excluding hydrogens is 262 g/mol. The van der Waals surface area contributed by atoms with E-state index in [4.69, 9.17) is 0 Å². The van der Waals surface area contributed by atoms with Crippen LogP contribution in [0.15, 0.2) is 47.3 Å². The molecule has 2 N–H and O–H groups in total. The second-order valence-corrected chi connectivity index (χ2v) is 5.23. The molecule has 0 fully saturated rings. The maximum absolute atomic E-state index is 12.7. The summed E-state index contributed by atoms with van der Waals surface area (Å²) in [5, 5.41) is 10.7. The summed E-state index contributed by atoms with van der Waals surface area (Å²) in [6.45, 7) is 3.84. The first kappa shape index (κ1) is 13.4. The van der Waals surface area contributed by atoms with Crippen LogP contribution < -0.4 is 5.43 Å². The number of aromatic amines is 1. The Morgan fingerprint density at radius 2 is 1.86 bits per heavy atom. The number of rotatable bonds is 2. The van der Waals surface area contributed by atoms with E-state index in [0.717, 1.165) is 22.4 Å². The van der Waals surface area contributed by atoms with Crippen LogP contribution in [-0.4, -0.2) is 10.1 Å². The van der Waals surface area contributed by atoms with Gasteiger partial charge in [0.25, 0.3) is 0 Å². The number of nitrogens with one attached hydrogen (secondary N) is 1. The highest BCUT2D eigenvalue weighted by Gasteiger charge is 2.14. The van der Waals surface area contributed by atoms with Crippen LogP contribution in [0.1, 0.15) is 18.1 Å². The highest BCUT2D eigenvalue weighted by atomic mass is 16.3. The lowest BCUT2D eigenvalue weighted by Gasteiger charge is -2.12. The van der Waals surface area contributed by atoms with Crippen LogP contribution in [-0.2, 0) is 6.42 Å². The lowest BCUT2D eigenvalue weighted by molar-refractivity contribution is 0.480. The number of aryl methyl sites for hydroxylation is 1. The Bertz CT molecular complexity index is 864. The van der Waals surface area contributed by atoms with Crippen LogP contribution in [0.4, 0.5) is 0 Å². The van der Waals surface area contributed by atoms with Gasteiger partial charge in [0.1, 0.15) is 5.75 Å². The van der Waals surface area contributed by atoms with Crippen molar-refractivity contribution < 1.29 is 5.11 Å². The molecule has 21 heavy (non-hydrogen) atoms. The van der Waals surface area contributed by atoms with E-state index in [1.54, 1.807) is 6.07 Å². The summed E-state index contributed by atoms with van der Waals surface area (Å²) in [4.78, 5) is 16.0. The minimum Gasteiger partial charge on any atom is -0.506 e. The van der Waals surface area contributed by atoms with Gasteiger partial charge in [0.05, 0.1) is 11.2 Å². The van der Waals surface area contributed by atoms with Gasteiger partial charge in [0, 0.05) is 10.9 Å². The molecule has 0 saturated carbocycles. The second-order valence-electron chi connectivity index (χ2n) is 5.23. The molecule has 0 unspecified atom stereocenters. The molecule has 1 heterocycles. The van der Waals surface area contributed by atoms with Crippen molar-refractivity contribution in [1.82, 2.24) is 4.98 Å². The molecule has 3 rings (SSSR count). The Balaban J connectivity index is 2.44. The van der Waals surface area contributed by atoms with Crippen molar-refractivity contribution >= 4 is 10.9 Å². The fraction of sp³-hybridized carbons (Fsp3) is 0.167. The van der Waals surface area contributed by atoms with E-state index >= 15 is 0 Å². The number of phenols is 1. The van der Waals surface area contributed by atoms with Gasteiger partial charge in [-0.1, -0.05) is 37.3 Å². The minimum absolute atomic E-state index is 0.0101. The van der Waals surface area contributed by atoms with Crippen molar-refractivity contribution in [2.75, 3.05) is 0 Å². The van der Waals surface area contributed by atoms with Gasteiger partial charge in [-0.25, -0.2) is 0 Å². The molecule has 0 bridgehead atoms. The number of fused-ring (bicyclic) bond motifs is 1. The SMILES string of the molecule is CCc1c(-c2ccccc2)[nH]c2c(O)cc(C)cc2c1=O. The Kier molecular flexibility index (Phi) is 3.26. The molecule has 0 radical (unpaired) electrons. The van der Waals surface area contributed by atoms with E-state index in [9.17, 15) is 9.90 Å². The van der Waals surface area contributed by atoms with E-state index in [0.29, 0.717) is 17.3 Å². The van der Waals surface area contributed by atoms with Gasteiger partial charge in [-0.15, -0.1) is 0 Å². The van der Waals surface area contributed by atoms with E-state index < -0.39 is 0 Å². The fourth-order valence-electron chi connectivity index (χ4n) is 2.74. The Hall–Kier alpha value is -2.55. The van der Waals surface area contributed by atoms with Gasteiger partial charge in [-0.05, 0) is 36.6 Å². The average molecular weight is 279 g/mol. The van der Waals surface area contributed by atoms with Crippen molar-refractivity contribution in [1.29, 1.82) is 0 Å². The van der Waals surface area contributed by atoms with E-state index in [1.807, 2.05) is 50.2 Å². The third-order valence-corrected chi connectivity index (χ3v) is 3.75. The summed E-state index contributed by atoms with van der Waals surface area (Å²) in [5.41, 5.74) is 3.85. The first-order chi connectivity index (χ1) is 10.1. The van der Waals surface area contributed by atoms with Gasteiger partial charge in [0.2, 0.25) is 0 Å². The zero-order valence-electron chi connectivity index (χ0n) is 12.1. The molecule has 3 heteroatoms. The molecular formula is C18H17NO2. The number of hydrogen-bond acceptors (Lipinski definition) is 2. The molecule has 0 aliphatic carbocycles. The average Bonchev–Trinajstić information content (AvgIpc) is 2.49. The monoisotopic (exact) mass is 279 g/mol. The minimum atomic E-state index is -0.0101. The maximum Gasteiger partial charge on any atom is 0.193 e. The number of pyridine rings is 1. The first-order valence-corrected chi connectivity index (χ1v) is 7.05. The summed E-state index contributed by atoms with van der Waals surface area (Å²) in [6.07, 6.45) is 0.643. The van der Waals surface area contributed by atoms with Crippen molar-refractivity contribution in [2.45, 2.75) is 20.3 Å². The third-order valence-electron chi connectivity index (χ3n) is 3.75. The van der Waals surface area contributed by atoms with Crippen molar-refractivity contribution in [3.05, 3.63) is 63.8 Å². The number of benzene rings is 2. The summed E-state index contributed by atoms with van der Waals surface area (Å²) in [5.74, 6) is 0.113. The van der Waals surface area contributed by atoms with Crippen molar-refractivity contribution in [2.24, 2.45) is 0 Å². The van der Waals surface area contributed by atoms with E-state index in [1.165, 1.54) is 0 Å². The third kappa shape index (κ3) is 2.21. The van der Waals surface area contributed by atoms with E-state index in [2.05, 4.69) is 4.98 Å². The van der Waals surface area contributed by atoms with E-state index in [-0.39, 0.29) is 11.2 Å². The van der Waals surface area contributed by atoms with Gasteiger partial charge in [-0.3, -0.25) is 4.79 Å². The highest BCUT2D eigenvalue weighted by molar-refractivity contribution is 5.88. The predicted octanol–water partition coefficient (Wildman–Crippen LogP) is 3.77. The lowest BCUT2D eigenvalue weighted by Crippen LogP contribution is -2.12. The zero-order valence-corrected chi connectivity index (χ0v) is 12.1. The summed E-state index contributed by atoms with van der Waals surface area (Å²) >= 11 is 0. The predicted molar refractivity (Wildman–Crippen MR) is 85.8 cm³/mol. The molecule has 0 aliphatic heterocycles. The highest BCUT2D eigenvalue weighted by Crippen LogP contribution is 2.28. The van der Waals surface area contributed by atoms with Crippen molar-refractivity contribution in [3.63, 3.8) is 0 Å². The maximum atomic E-state index is 12.7. The van der Waals surface area contributed by atoms with Gasteiger partial charge in [-0.2, -0.15) is 0 Å². The molecule has 3 aromatic rings. The molecule has 2 aromatic carbocycles. The van der Waals surface area contributed by atoms with Gasteiger partial charge in [0.15, 0.2) is 5.43 Å². The standard InChI is InChI=1S/C18H17NO2/c1-3-13-16(12-7-5-4-6-8-12)19-17-14(18(13)21)9-11(2)10-15(17)20/h4-10,20H,3H2,1-2H3,(H,19,21). The molecule has 3 nitrogen and oxygen atoms in total. The molecule has 0 saturated heterocycles. The quantitative estimate of drug-likeness (QED) is 0.750. The zero-order chi connectivity index (χ0) is 15.0. The van der Waals surface area contributed by atoms with Crippen LogP contribution in [0.25, 0.3) is 22.2 Å². The molecule has 0 atom stereocenters. The Morgan fingerprint density at radius 3 is 2.52 bits per heavy atom. The normalized spacial score (nSPS) is 11.0. The molecule has 1 aromatic heterocycles. The smallest absolute Gasteiger partial charge is 0.193 e. The van der Waals surface area contributed by atoms with Crippen LogP contribution in [0.3, 0.4) is 0 Å². The topological polar surface area (TPSA) is 53.1 Å². The van der Waals surface area contributed by atoms with Gasteiger partial charge >= 0.3 is 0 Å². The van der Waals surface area contributed by atoms with Crippen LogP contribution in [0.5, 0.6) is 5.75 Å². The second kappa shape index (κ2) is 5.09. The lowest BCUT2D eigenvalue weighted by atomic mass is 10.00. The largest absolute Gasteiger partial charge is 0.506 e. The van der Waals surface area contributed by atoms with Crippen molar-refractivity contribution in [3.8, 4) is 17.0 Å². The number of aromatic hydroxyl groups is 1. The molecule has 0 aliphatic rings.